The molecule has 0 aromatic rings. The quantitative estimate of drug-likeness (QED) is 0.779. The first kappa shape index (κ1) is 13.8. The van der Waals surface area contributed by atoms with Gasteiger partial charge in [0.05, 0.1) is 6.61 Å². The molecule has 3 fully saturated rings. The van der Waals surface area contributed by atoms with Crippen molar-refractivity contribution in [2.45, 2.75) is 51.6 Å². The monoisotopic (exact) mass is 266 g/mol. The molecule has 0 saturated carbocycles. The van der Waals surface area contributed by atoms with Crippen molar-refractivity contribution >= 4 is 0 Å². The molecule has 0 bridgehead atoms. The summed E-state index contributed by atoms with van der Waals surface area (Å²) in [5.74, 6) is 1.56. The summed E-state index contributed by atoms with van der Waals surface area (Å²) in [7, 11) is 0. The average molecular weight is 266 g/mol. The molecule has 0 amide bonds. The Hall–Kier alpha value is -0.120. The summed E-state index contributed by atoms with van der Waals surface area (Å²) in [6, 6.07) is 1.60. The Labute approximate surface area is 118 Å². The van der Waals surface area contributed by atoms with Crippen molar-refractivity contribution in [2.24, 2.45) is 11.8 Å². The topological polar surface area (TPSA) is 15.7 Å². The van der Waals surface area contributed by atoms with Crippen LogP contribution >= 0.6 is 0 Å². The van der Waals surface area contributed by atoms with E-state index in [-0.39, 0.29) is 0 Å². The maximum Gasteiger partial charge on any atom is 0.0507 e. The molecule has 0 spiro atoms. The number of hydrogen-bond acceptors (Lipinski definition) is 3. The Morgan fingerprint density at radius 2 is 2.05 bits per heavy atom. The molecule has 3 heterocycles. The van der Waals surface area contributed by atoms with Gasteiger partial charge in [0, 0.05) is 38.3 Å². The lowest BCUT2D eigenvalue weighted by molar-refractivity contribution is -0.0152. The van der Waals surface area contributed by atoms with Gasteiger partial charge in [-0.05, 0) is 37.6 Å². The van der Waals surface area contributed by atoms with E-state index < -0.39 is 0 Å². The average Bonchev–Trinajstić information content (AvgIpc) is 2.90. The lowest BCUT2D eigenvalue weighted by Crippen LogP contribution is -2.61. The predicted molar refractivity (Wildman–Crippen MR) is 78.3 cm³/mol. The van der Waals surface area contributed by atoms with E-state index in [1.165, 1.54) is 51.9 Å². The number of hydrogen-bond donors (Lipinski definition) is 0. The van der Waals surface area contributed by atoms with Crippen LogP contribution < -0.4 is 0 Å². The predicted octanol–water partition coefficient (Wildman–Crippen LogP) is 2.22. The molecule has 0 radical (unpaired) electrons. The van der Waals surface area contributed by atoms with Gasteiger partial charge in [0.1, 0.15) is 0 Å². The minimum Gasteiger partial charge on any atom is -0.381 e. The molecule has 0 N–H and O–H groups in total. The van der Waals surface area contributed by atoms with Gasteiger partial charge in [-0.25, -0.2) is 0 Å². The van der Waals surface area contributed by atoms with Gasteiger partial charge in [-0.15, -0.1) is 0 Å². The van der Waals surface area contributed by atoms with Crippen molar-refractivity contribution in [3.63, 3.8) is 0 Å². The first-order chi connectivity index (χ1) is 9.24. The van der Waals surface area contributed by atoms with E-state index in [1.54, 1.807) is 0 Å². The molecule has 3 aliphatic heterocycles. The second-order valence-corrected chi connectivity index (χ2v) is 7.14. The van der Waals surface area contributed by atoms with Gasteiger partial charge in [-0.3, -0.25) is 9.80 Å². The first-order valence-electron chi connectivity index (χ1n) is 8.30. The molecule has 19 heavy (non-hydrogen) atoms. The summed E-state index contributed by atoms with van der Waals surface area (Å²) in [6.07, 6.45) is 5.55. The van der Waals surface area contributed by atoms with Crippen LogP contribution in [0.1, 0.15) is 39.5 Å². The van der Waals surface area contributed by atoms with E-state index in [0.29, 0.717) is 0 Å². The molecule has 0 aliphatic carbocycles. The van der Waals surface area contributed by atoms with Crippen molar-refractivity contribution in [1.82, 2.24) is 9.80 Å². The largest absolute Gasteiger partial charge is 0.381 e. The highest BCUT2D eigenvalue weighted by molar-refractivity contribution is 4.92. The summed E-state index contributed by atoms with van der Waals surface area (Å²) >= 11 is 0. The summed E-state index contributed by atoms with van der Waals surface area (Å²) in [4.78, 5) is 5.58. The highest BCUT2D eigenvalue weighted by Crippen LogP contribution is 2.28. The van der Waals surface area contributed by atoms with Gasteiger partial charge in [0.2, 0.25) is 0 Å². The zero-order valence-electron chi connectivity index (χ0n) is 12.7. The van der Waals surface area contributed by atoms with Crippen LogP contribution in [0.5, 0.6) is 0 Å². The van der Waals surface area contributed by atoms with Crippen molar-refractivity contribution in [1.29, 1.82) is 0 Å². The number of nitrogens with zero attached hydrogens (tertiary/aromatic N) is 2. The molecule has 0 aromatic carbocycles. The van der Waals surface area contributed by atoms with E-state index in [4.69, 9.17) is 4.74 Å². The highest BCUT2D eigenvalue weighted by atomic mass is 16.5. The van der Waals surface area contributed by atoms with Crippen LogP contribution in [0.15, 0.2) is 0 Å². The molecule has 3 aliphatic rings. The number of piperidine rings is 1. The van der Waals surface area contributed by atoms with E-state index >= 15 is 0 Å². The second-order valence-electron chi connectivity index (χ2n) is 7.14. The van der Waals surface area contributed by atoms with Crippen LogP contribution in [0, 0.1) is 11.8 Å². The molecular formula is C16H30N2O. The van der Waals surface area contributed by atoms with Crippen LogP contribution in [0.2, 0.25) is 0 Å². The number of rotatable bonds is 3. The highest BCUT2D eigenvalue weighted by Gasteiger charge is 2.37. The Bertz CT molecular complexity index is 288. The maximum absolute atomic E-state index is 5.56. The van der Waals surface area contributed by atoms with Crippen LogP contribution in [0.25, 0.3) is 0 Å². The molecule has 3 saturated heterocycles. The minimum atomic E-state index is 0.759. The fraction of sp³-hybridized carbons (Fsp3) is 1.00. The minimum absolute atomic E-state index is 0.759. The Kier molecular flexibility index (Phi) is 4.45. The Morgan fingerprint density at radius 1 is 1.16 bits per heavy atom. The van der Waals surface area contributed by atoms with E-state index in [2.05, 4.69) is 23.6 Å². The molecule has 0 aromatic heterocycles. The molecule has 110 valence electrons. The van der Waals surface area contributed by atoms with Crippen LogP contribution in [0.4, 0.5) is 0 Å². The zero-order chi connectivity index (χ0) is 13.2. The Balaban J connectivity index is 1.64. The van der Waals surface area contributed by atoms with Crippen LogP contribution in [-0.2, 0) is 4.74 Å². The maximum atomic E-state index is 5.56. The van der Waals surface area contributed by atoms with E-state index in [9.17, 15) is 0 Å². The van der Waals surface area contributed by atoms with Gasteiger partial charge in [-0.1, -0.05) is 20.3 Å². The SMILES string of the molecule is CC(C)C1CN2CCCCC2CN1CC1CCOC1. The van der Waals surface area contributed by atoms with Gasteiger partial charge < -0.3 is 4.74 Å². The molecular weight excluding hydrogens is 236 g/mol. The second kappa shape index (κ2) is 6.11. The third-order valence-corrected chi connectivity index (χ3v) is 5.37. The van der Waals surface area contributed by atoms with Gasteiger partial charge >= 0.3 is 0 Å². The van der Waals surface area contributed by atoms with Crippen LogP contribution in [0.3, 0.4) is 0 Å². The fourth-order valence-corrected chi connectivity index (χ4v) is 4.17. The Morgan fingerprint density at radius 3 is 2.79 bits per heavy atom. The first-order valence-corrected chi connectivity index (χ1v) is 8.30. The molecule has 3 atom stereocenters. The van der Waals surface area contributed by atoms with Gasteiger partial charge in [-0.2, -0.15) is 0 Å². The lowest BCUT2D eigenvalue weighted by atomic mass is 9.91. The van der Waals surface area contributed by atoms with Gasteiger partial charge in [0.25, 0.3) is 0 Å². The standard InChI is InChI=1S/C16H30N2O/c1-13(2)16-11-17-7-4-3-5-15(17)10-18(16)9-14-6-8-19-12-14/h13-16H,3-12H2,1-2H3. The smallest absolute Gasteiger partial charge is 0.0507 e. The fourth-order valence-electron chi connectivity index (χ4n) is 4.17. The third kappa shape index (κ3) is 3.14. The summed E-state index contributed by atoms with van der Waals surface area (Å²) in [5, 5.41) is 0. The lowest BCUT2D eigenvalue weighted by Gasteiger charge is -2.50. The van der Waals surface area contributed by atoms with Crippen LogP contribution in [-0.4, -0.2) is 61.3 Å². The number of ether oxygens (including phenoxy) is 1. The van der Waals surface area contributed by atoms with Crippen molar-refractivity contribution in [3.8, 4) is 0 Å². The summed E-state index contributed by atoms with van der Waals surface area (Å²) < 4.78 is 5.56. The zero-order valence-corrected chi connectivity index (χ0v) is 12.7. The summed E-state index contributed by atoms with van der Waals surface area (Å²) in [6.45, 7) is 12.0. The molecule has 3 nitrogen and oxygen atoms in total. The number of fused-ring (bicyclic) bond motifs is 1. The third-order valence-electron chi connectivity index (χ3n) is 5.37. The number of piperazine rings is 1. The van der Waals surface area contributed by atoms with E-state index in [1.807, 2.05) is 0 Å². The molecule has 3 rings (SSSR count). The van der Waals surface area contributed by atoms with Gasteiger partial charge in [0.15, 0.2) is 0 Å². The van der Waals surface area contributed by atoms with Crippen molar-refractivity contribution < 1.29 is 4.74 Å². The van der Waals surface area contributed by atoms with Crippen molar-refractivity contribution in [2.75, 3.05) is 39.4 Å². The summed E-state index contributed by atoms with van der Waals surface area (Å²) in [5.41, 5.74) is 0. The molecule has 3 unspecified atom stereocenters. The molecule has 3 heteroatoms. The normalized spacial score (nSPS) is 37.7. The van der Waals surface area contributed by atoms with E-state index in [0.717, 1.165) is 37.1 Å². The van der Waals surface area contributed by atoms with Crippen molar-refractivity contribution in [3.05, 3.63) is 0 Å².